The van der Waals surface area contributed by atoms with Crippen LogP contribution in [0.25, 0.3) is 19.5 Å². The van der Waals surface area contributed by atoms with Crippen LogP contribution < -0.4 is 5.43 Å². The molecule has 2 heterocycles. The fourth-order valence-electron chi connectivity index (χ4n) is 1.79. The smallest absolute Gasteiger partial charge is 0.196 e. The van der Waals surface area contributed by atoms with E-state index in [0.29, 0.717) is 0 Å². The van der Waals surface area contributed by atoms with Crippen LogP contribution in [-0.4, -0.2) is 0 Å². The van der Waals surface area contributed by atoms with Crippen LogP contribution in [0, 0.1) is 6.92 Å². The highest BCUT2D eigenvalue weighted by Crippen LogP contribution is 2.29. The molecule has 74 valence electrons. The Morgan fingerprint density at radius 3 is 2.93 bits per heavy atom. The topological polar surface area (TPSA) is 17.1 Å². The first kappa shape index (κ1) is 9.07. The summed E-state index contributed by atoms with van der Waals surface area (Å²) in [6.07, 6.45) is 0. The molecule has 1 aromatic carbocycles. The lowest BCUT2D eigenvalue weighted by molar-refractivity contribution is 1.53. The summed E-state index contributed by atoms with van der Waals surface area (Å²) in [6, 6.07) is 7.94. The molecule has 0 aliphatic carbocycles. The molecule has 2 aromatic heterocycles. The Labute approximate surface area is 94.6 Å². The number of fused-ring (bicyclic) bond motifs is 2. The molecule has 3 heteroatoms. The Kier molecular flexibility index (Phi) is 1.90. The number of benzene rings is 1. The van der Waals surface area contributed by atoms with Crippen molar-refractivity contribution in [1.82, 2.24) is 0 Å². The summed E-state index contributed by atoms with van der Waals surface area (Å²) in [6.45, 7) is 1.99. The van der Waals surface area contributed by atoms with E-state index >= 15 is 0 Å². The van der Waals surface area contributed by atoms with Crippen molar-refractivity contribution < 1.29 is 0 Å². The lowest BCUT2D eigenvalue weighted by atomic mass is 10.1. The van der Waals surface area contributed by atoms with Gasteiger partial charge in [-0.1, -0.05) is 12.1 Å². The number of aryl methyl sites for hydroxylation is 1. The Morgan fingerprint density at radius 2 is 2.07 bits per heavy atom. The normalized spacial score (nSPS) is 11.3. The third kappa shape index (κ3) is 1.24. The molecular formula is C12H8OS2. The van der Waals surface area contributed by atoms with Crippen molar-refractivity contribution in [2.75, 3.05) is 0 Å². The summed E-state index contributed by atoms with van der Waals surface area (Å²) < 4.78 is 2.22. The molecule has 1 nitrogen and oxygen atoms in total. The van der Waals surface area contributed by atoms with E-state index in [0.717, 1.165) is 25.0 Å². The molecule has 0 bridgehead atoms. The molecule has 0 aliphatic rings. The fourth-order valence-corrected chi connectivity index (χ4v) is 4.01. The van der Waals surface area contributed by atoms with E-state index in [1.807, 2.05) is 36.6 Å². The summed E-state index contributed by atoms with van der Waals surface area (Å²) in [5.41, 5.74) is 1.25. The average molecular weight is 232 g/mol. The zero-order chi connectivity index (χ0) is 10.4. The molecular weight excluding hydrogens is 224 g/mol. The van der Waals surface area contributed by atoms with E-state index in [1.165, 1.54) is 0 Å². The van der Waals surface area contributed by atoms with Gasteiger partial charge in [-0.2, -0.15) is 0 Å². The number of rotatable bonds is 0. The average Bonchev–Trinajstić information content (AvgIpc) is 2.66. The van der Waals surface area contributed by atoms with Crippen molar-refractivity contribution in [3.8, 4) is 0 Å². The van der Waals surface area contributed by atoms with Gasteiger partial charge >= 0.3 is 0 Å². The van der Waals surface area contributed by atoms with Crippen molar-refractivity contribution in [1.29, 1.82) is 0 Å². The predicted octanol–water partition coefficient (Wildman–Crippen LogP) is 3.78. The Hall–Kier alpha value is -1.19. The van der Waals surface area contributed by atoms with E-state index < -0.39 is 0 Å². The van der Waals surface area contributed by atoms with Gasteiger partial charge < -0.3 is 0 Å². The minimum absolute atomic E-state index is 0.179. The highest BCUT2D eigenvalue weighted by atomic mass is 32.2. The van der Waals surface area contributed by atoms with Gasteiger partial charge in [0.2, 0.25) is 0 Å². The minimum Gasteiger partial charge on any atom is -0.288 e. The molecule has 0 N–H and O–H groups in total. The highest BCUT2D eigenvalue weighted by Gasteiger charge is 2.07. The largest absolute Gasteiger partial charge is 0.288 e. The van der Waals surface area contributed by atoms with E-state index in [1.54, 1.807) is 22.7 Å². The van der Waals surface area contributed by atoms with E-state index in [2.05, 4.69) is 0 Å². The Bertz CT molecular complexity index is 706. The molecule has 0 fully saturated rings. The van der Waals surface area contributed by atoms with Gasteiger partial charge in [-0.15, -0.1) is 22.7 Å². The molecule has 15 heavy (non-hydrogen) atoms. The van der Waals surface area contributed by atoms with Crippen LogP contribution in [0.2, 0.25) is 0 Å². The van der Waals surface area contributed by atoms with Crippen molar-refractivity contribution in [3.63, 3.8) is 0 Å². The summed E-state index contributed by atoms with van der Waals surface area (Å²) in [5.74, 6) is 0. The lowest BCUT2D eigenvalue weighted by Crippen LogP contribution is -2.00. The lowest BCUT2D eigenvalue weighted by Gasteiger charge is -1.99. The van der Waals surface area contributed by atoms with Crippen LogP contribution in [0.4, 0.5) is 0 Å². The van der Waals surface area contributed by atoms with Crippen molar-refractivity contribution in [3.05, 3.63) is 45.4 Å². The molecule has 0 unspecified atom stereocenters. The van der Waals surface area contributed by atoms with Crippen LogP contribution in [0.5, 0.6) is 0 Å². The maximum absolute atomic E-state index is 12.2. The molecule has 3 rings (SSSR count). The molecule has 3 aromatic rings. The summed E-state index contributed by atoms with van der Waals surface area (Å²) >= 11 is 3.35. The monoisotopic (exact) mass is 232 g/mol. The fraction of sp³-hybridized carbons (Fsp3) is 0.0833. The predicted molar refractivity (Wildman–Crippen MR) is 68.2 cm³/mol. The van der Waals surface area contributed by atoms with Gasteiger partial charge in [0.25, 0.3) is 0 Å². The van der Waals surface area contributed by atoms with Crippen LogP contribution in [0.1, 0.15) is 5.56 Å². The maximum atomic E-state index is 12.2. The summed E-state index contributed by atoms with van der Waals surface area (Å²) in [7, 11) is 0. The van der Waals surface area contributed by atoms with Gasteiger partial charge in [0.1, 0.15) is 0 Å². The van der Waals surface area contributed by atoms with Gasteiger partial charge in [0.05, 0.1) is 9.40 Å². The zero-order valence-corrected chi connectivity index (χ0v) is 9.74. The van der Waals surface area contributed by atoms with Crippen molar-refractivity contribution in [2.45, 2.75) is 6.92 Å². The van der Waals surface area contributed by atoms with Gasteiger partial charge in [-0.3, -0.25) is 4.79 Å². The first-order valence-electron chi connectivity index (χ1n) is 4.67. The third-order valence-electron chi connectivity index (χ3n) is 2.54. The van der Waals surface area contributed by atoms with Crippen LogP contribution in [-0.2, 0) is 0 Å². The molecule has 0 atom stereocenters. The number of hydrogen-bond acceptors (Lipinski definition) is 3. The van der Waals surface area contributed by atoms with E-state index in [4.69, 9.17) is 0 Å². The third-order valence-corrected chi connectivity index (χ3v) is 4.75. The van der Waals surface area contributed by atoms with Gasteiger partial charge in [0, 0.05) is 10.1 Å². The maximum Gasteiger partial charge on any atom is 0.196 e. The molecule has 0 aliphatic heterocycles. The second-order valence-electron chi connectivity index (χ2n) is 3.50. The van der Waals surface area contributed by atoms with Gasteiger partial charge in [-0.05, 0) is 30.0 Å². The number of hydrogen-bond donors (Lipinski definition) is 0. The van der Waals surface area contributed by atoms with E-state index in [9.17, 15) is 4.79 Å². The van der Waals surface area contributed by atoms with E-state index in [-0.39, 0.29) is 5.43 Å². The standard InChI is InChI=1S/C12H8OS2/c1-7-3-2-4-9-10(7)11(13)8-5-6-14-12(8)15-9/h2-6H,1H3. The SMILES string of the molecule is Cc1cccc2sc3sccc3c(=O)c12. The van der Waals surface area contributed by atoms with Gasteiger partial charge in [0.15, 0.2) is 5.43 Å². The van der Waals surface area contributed by atoms with Crippen LogP contribution in [0.3, 0.4) is 0 Å². The molecule has 0 amide bonds. The van der Waals surface area contributed by atoms with Crippen molar-refractivity contribution in [2.24, 2.45) is 0 Å². The van der Waals surface area contributed by atoms with Crippen LogP contribution in [0.15, 0.2) is 34.4 Å². The quantitative estimate of drug-likeness (QED) is 0.576. The van der Waals surface area contributed by atoms with Crippen LogP contribution >= 0.6 is 22.7 Å². The highest BCUT2D eigenvalue weighted by molar-refractivity contribution is 7.40. The molecule has 0 spiro atoms. The molecule has 0 saturated carbocycles. The first-order valence-corrected chi connectivity index (χ1v) is 6.36. The summed E-state index contributed by atoms with van der Waals surface area (Å²) in [4.78, 5) is 12.2. The first-order chi connectivity index (χ1) is 7.27. The van der Waals surface area contributed by atoms with Crippen molar-refractivity contribution >= 4 is 42.2 Å². The zero-order valence-electron chi connectivity index (χ0n) is 8.11. The molecule has 0 saturated heterocycles. The van der Waals surface area contributed by atoms with Gasteiger partial charge in [-0.25, -0.2) is 0 Å². The number of thiophene rings is 1. The second-order valence-corrected chi connectivity index (χ2v) is 5.73. The Morgan fingerprint density at radius 1 is 1.20 bits per heavy atom. The molecule has 0 radical (unpaired) electrons. The summed E-state index contributed by atoms with van der Waals surface area (Å²) in [5, 5.41) is 3.73. The minimum atomic E-state index is 0.179. The Balaban J connectivity index is 2.71. The second kappa shape index (κ2) is 3.15.